The Morgan fingerprint density at radius 1 is 0.489 bits per heavy atom. The van der Waals surface area contributed by atoms with Crippen molar-refractivity contribution < 1.29 is 26.6 Å². The van der Waals surface area contributed by atoms with Crippen LogP contribution in [-0.2, 0) is 52.5 Å². The number of nitrogens with two attached hydrogens (primary N) is 2. The molecule has 0 aromatic carbocycles. The largest absolute Gasteiger partial charge is 0.500 e. The third kappa shape index (κ3) is 13.8. The second kappa shape index (κ2) is 21.8. The van der Waals surface area contributed by atoms with Crippen LogP contribution in [0.4, 0.5) is 11.9 Å². The highest BCUT2D eigenvalue weighted by Crippen LogP contribution is 2.21. The lowest BCUT2D eigenvalue weighted by atomic mass is 10.1. The number of nitrogens with zero attached hydrogens (tertiary/aromatic N) is 6. The van der Waals surface area contributed by atoms with Gasteiger partial charge < -0.3 is 38.0 Å². The molecule has 260 valence electrons. The van der Waals surface area contributed by atoms with E-state index in [4.69, 9.17) is 38.0 Å². The summed E-state index contributed by atoms with van der Waals surface area (Å²) in [7, 11) is -5.24. The summed E-state index contributed by atoms with van der Waals surface area (Å²) in [5.74, 6) is 2.48. The van der Waals surface area contributed by atoms with Gasteiger partial charge in [-0.15, -0.1) is 0 Å². The van der Waals surface area contributed by atoms with Crippen molar-refractivity contribution in [2.75, 3.05) is 51.1 Å². The molecule has 2 rings (SSSR count). The Morgan fingerprint density at radius 3 is 1.13 bits per heavy atom. The predicted octanol–water partition coefficient (Wildman–Crippen LogP) is 4.65. The molecule has 0 bridgehead atoms. The van der Waals surface area contributed by atoms with E-state index in [1.165, 1.54) is 0 Å². The van der Waals surface area contributed by atoms with Gasteiger partial charge in [-0.1, -0.05) is 6.42 Å². The average molecular weight is 673 g/mol. The van der Waals surface area contributed by atoms with Gasteiger partial charge >= 0.3 is 17.6 Å². The predicted molar refractivity (Wildman–Crippen MR) is 179 cm³/mol. The van der Waals surface area contributed by atoms with E-state index in [1.54, 1.807) is 9.36 Å². The molecule has 0 unspecified atom stereocenters. The van der Waals surface area contributed by atoms with Crippen LogP contribution in [-0.4, -0.2) is 86.8 Å². The fourth-order valence-corrected chi connectivity index (χ4v) is 10.7. The SMILES string of the molecule is CCO[Si](CCCCn1nc(CCCCCc2nc(N)n(CCCC[Si](OCC)(OCC)OCC)n2)nc1N)(OCC)OCC. The molecular formula is C29H60N8O6Si2. The summed E-state index contributed by atoms with van der Waals surface area (Å²) in [6.07, 6.45) is 8.13. The van der Waals surface area contributed by atoms with Gasteiger partial charge in [-0.2, -0.15) is 20.2 Å². The molecule has 0 aliphatic rings. The van der Waals surface area contributed by atoms with E-state index < -0.39 is 17.6 Å². The molecule has 14 nitrogen and oxygen atoms in total. The summed E-state index contributed by atoms with van der Waals surface area (Å²) in [5.41, 5.74) is 12.3. The summed E-state index contributed by atoms with van der Waals surface area (Å²) in [5, 5.41) is 9.27. The topological polar surface area (TPSA) is 169 Å². The Kier molecular flexibility index (Phi) is 19.0. The summed E-state index contributed by atoms with van der Waals surface area (Å²) in [6, 6.07) is 1.56. The van der Waals surface area contributed by atoms with Gasteiger partial charge in [0.05, 0.1) is 0 Å². The van der Waals surface area contributed by atoms with Gasteiger partial charge in [0.2, 0.25) is 11.9 Å². The fourth-order valence-electron chi connectivity index (χ4n) is 5.30. The molecule has 0 amide bonds. The van der Waals surface area contributed by atoms with Crippen LogP contribution >= 0.6 is 0 Å². The molecule has 4 N–H and O–H groups in total. The third-order valence-electron chi connectivity index (χ3n) is 7.18. The van der Waals surface area contributed by atoms with Crippen molar-refractivity contribution >= 4 is 29.5 Å². The van der Waals surface area contributed by atoms with Crippen molar-refractivity contribution in [2.24, 2.45) is 0 Å². The lowest BCUT2D eigenvalue weighted by Crippen LogP contribution is -2.45. The molecule has 2 heterocycles. The first-order chi connectivity index (χ1) is 21.8. The molecule has 0 radical (unpaired) electrons. The summed E-state index contributed by atoms with van der Waals surface area (Å²) >= 11 is 0. The zero-order valence-electron chi connectivity index (χ0n) is 28.7. The van der Waals surface area contributed by atoms with Crippen molar-refractivity contribution in [1.29, 1.82) is 0 Å². The molecule has 0 atom stereocenters. The van der Waals surface area contributed by atoms with Gasteiger partial charge in [0.15, 0.2) is 11.6 Å². The minimum Gasteiger partial charge on any atom is -0.374 e. The second-order valence-electron chi connectivity index (χ2n) is 10.7. The standard InChI is InChI=1S/C29H60N8O6Si2/c1-7-38-44(39-8-2,40-9-3)24-18-16-22-36-28(30)32-26(34-36)20-14-13-15-21-27-33-29(31)37(35-27)23-17-19-25-45(41-10-4,42-11-5)43-12-6/h7-25H2,1-6H3,(H2,30,32,34)(H2,31,33,35). The molecule has 0 aliphatic carbocycles. The van der Waals surface area contributed by atoms with Crippen molar-refractivity contribution in [3.63, 3.8) is 0 Å². The van der Waals surface area contributed by atoms with Crippen molar-refractivity contribution in [3.05, 3.63) is 11.6 Å². The van der Waals surface area contributed by atoms with Crippen molar-refractivity contribution in [1.82, 2.24) is 29.5 Å². The molecule has 2 aromatic heterocycles. The molecule has 16 heteroatoms. The monoisotopic (exact) mass is 672 g/mol. The maximum absolute atomic E-state index is 6.16. The van der Waals surface area contributed by atoms with Gasteiger partial charge in [-0.05, 0) is 80.1 Å². The summed E-state index contributed by atoms with van der Waals surface area (Å²) < 4.78 is 39.3. The number of hydrogen-bond acceptors (Lipinski definition) is 12. The second-order valence-corrected chi connectivity index (χ2v) is 16.1. The van der Waals surface area contributed by atoms with Crippen LogP contribution in [0.2, 0.25) is 12.1 Å². The summed E-state index contributed by atoms with van der Waals surface area (Å²) in [6.45, 7) is 16.8. The molecule has 0 saturated heterocycles. The highest BCUT2D eigenvalue weighted by atomic mass is 28.4. The molecular weight excluding hydrogens is 613 g/mol. The van der Waals surface area contributed by atoms with Crippen LogP contribution < -0.4 is 11.5 Å². The van der Waals surface area contributed by atoms with Crippen LogP contribution in [0.5, 0.6) is 0 Å². The molecule has 2 aromatic rings. The first-order valence-corrected chi connectivity index (χ1v) is 20.9. The highest BCUT2D eigenvalue weighted by molar-refractivity contribution is 6.61. The smallest absolute Gasteiger partial charge is 0.374 e. The molecule has 0 fully saturated rings. The Balaban J connectivity index is 1.70. The Hall–Kier alpha value is -1.93. The van der Waals surface area contributed by atoms with E-state index in [2.05, 4.69) is 20.2 Å². The van der Waals surface area contributed by atoms with Crippen molar-refractivity contribution in [3.8, 4) is 0 Å². The van der Waals surface area contributed by atoms with Gasteiger partial charge in [0.1, 0.15) is 0 Å². The van der Waals surface area contributed by atoms with Crippen LogP contribution in [0, 0.1) is 0 Å². The number of aromatic nitrogens is 6. The molecule has 45 heavy (non-hydrogen) atoms. The number of nitrogen functional groups attached to an aromatic ring is 2. The number of aryl methyl sites for hydroxylation is 4. The lowest BCUT2D eigenvalue weighted by Gasteiger charge is -2.28. The molecule has 0 spiro atoms. The molecule has 0 saturated carbocycles. The quantitative estimate of drug-likeness (QED) is 0.0950. The van der Waals surface area contributed by atoms with E-state index in [9.17, 15) is 0 Å². The minimum absolute atomic E-state index is 0.458. The number of unbranched alkanes of at least 4 members (excludes halogenated alkanes) is 4. The van der Waals surface area contributed by atoms with E-state index in [-0.39, 0.29) is 0 Å². The number of anilines is 2. The van der Waals surface area contributed by atoms with Gasteiger partial charge in [-0.3, -0.25) is 0 Å². The van der Waals surface area contributed by atoms with E-state index >= 15 is 0 Å². The number of rotatable bonds is 28. The van der Waals surface area contributed by atoms with E-state index in [0.717, 1.165) is 81.5 Å². The first-order valence-electron chi connectivity index (χ1n) is 17.0. The van der Waals surface area contributed by atoms with Gasteiger partial charge in [0, 0.05) is 77.7 Å². The Morgan fingerprint density at radius 2 is 0.822 bits per heavy atom. The van der Waals surface area contributed by atoms with E-state index in [1.807, 2.05) is 41.5 Å². The average Bonchev–Trinajstić information content (AvgIpc) is 3.54. The minimum atomic E-state index is -2.62. The maximum Gasteiger partial charge on any atom is 0.500 e. The van der Waals surface area contributed by atoms with Gasteiger partial charge in [-0.25, -0.2) is 9.36 Å². The van der Waals surface area contributed by atoms with Gasteiger partial charge in [0.25, 0.3) is 0 Å². The van der Waals surface area contributed by atoms with Crippen LogP contribution in [0.1, 0.15) is 98.1 Å². The lowest BCUT2D eigenvalue weighted by molar-refractivity contribution is 0.0698. The Bertz CT molecular complexity index is 946. The molecule has 0 aliphatic heterocycles. The first kappa shape index (κ1) is 39.3. The fraction of sp³-hybridized carbons (Fsp3) is 0.862. The van der Waals surface area contributed by atoms with Crippen LogP contribution in [0.25, 0.3) is 0 Å². The van der Waals surface area contributed by atoms with Crippen LogP contribution in [0.15, 0.2) is 0 Å². The number of hydrogen-bond donors (Lipinski definition) is 2. The van der Waals surface area contributed by atoms with Crippen LogP contribution in [0.3, 0.4) is 0 Å². The third-order valence-corrected chi connectivity index (χ3v) is 13.5. The zero-order chi connectivity index (χ0) is 33.0. The normalized spacial score (nSPS) is 12.4. The zero-order valence-corrected chi connectivity index (χ0v) is 30.7. The highest BCUT2D eigenvalue weighted by Gasteiger charge is 2.40. The van der Waals surface area contributed by atoms with Crippen molar-refractivity contribution in [2.45, 2.75) is 125 Å². The van der Waals surface area contributed by atoms with E-state index in [0.29, 0.717) is 64.6 Å². The summed E-state index contributed by atoms with van der Waals surface area (Å²) in [4.78, 5) is 8.95. The maximum atomic E-state index is 6.16. The Labute approximate surface area is 272 Å².